The van der Waals surface area contributed by atoms with E-state index in [9.17, 15) is 9.90 Å². The number of hydrogen-bond donors (Lipinski definition) is 1. The van der Waals surface area contributed by atoms with E-state index >= 15 is 0 Å². The Bertz CT molecular complexity index is 1470. The number of aromatic nitrogens is 3. The van der Waals surface area contributed by atoms with Crippen molar-refractivity contribution in [3.05, 3.63) is 95.0 Å². The van der Waals surface area contributed by atoms with E-state index in [0.29, 0.717) is 24.0 Å². The van der Waals surface area contributed by atoms with Gasteiger partial charge in [-0.2, -0.15) is 0 Å². The third-order valence-corrected chi connectivity index (χ3v) is 8.04. The number of allylic oxidation sites excluding steroid dienone is 3. The van der Waals surface area contributed by atoms with Crippen LogP contribution in [0.5, 0.6) is 0 Å². The summed E-state index contributed by atoms with van der Waals surface area (Å²) in [6.07, 6.45) is 10.0. The molecule has 0 saturated carbocycles. The Morgan fingerprint density at radius 1 is 1.18 bits per heavy atom. The Morgan fingerprint density at radius 3 is 2.48 bits per heavy atom. The number of carboxylic acid groups (broad SMARTS) is 1. The van der Waals surface area contributed by atoms with Gasteiger partial charge in [0.15, 0.2) is 11.5 Å². The van der Waals surface area contributed by atoms with Gasteiger partial charge in [-0.3, -0.25) is 9.88 Å². The summed E-state index contributed by atoms with van der Waals surface area (Å²) in [6.45, 7) is 16.0. The van der Waals surface area contributed by atoms with Crippen molar-refractivity contribution in [1.82, 2.24) is 19.4 Å². The number of carbonyl (C=O) groups is 1. The van der Waals surface area contributed by atoms with Gasteiger partial charge in [0.05, 0.1) is 40.8 Å². The number of carboxylic acids is 1. The Morgan fingerprint density at radius 2 is 1.93 bits per heavy atom. The molecule has 0 radical (unpaired) electrons. The molecule has 3 aliphatic rings. The van der Waals surface area contributed by atoms with Crippen molar-refractivity contribution < 1.29 is 24.1 Å². The minimum Gasteiger partial charge on any atom is -0.478 e. The number of fused-ring (bicyclic) bond motifs is 1. The minimum atomic E-state index is -0.928. The summed E-state index contributed by atoms with van der Waals surface area (Å²) in [5.74, 6) is 2.01. The van der Waals surface area contributed by atoms with Crippen LogP contribution < -0.4 is 0 Å². The maximum absolute atomic E-state index is 11.5. The van der Waals surface area contributed by atoms with Crippen molar-refractivity contribution in [2.24, 2.45) is 5.92 Å². The van der Waals surface area contributed by atoms with Gasteiger partial charge in [-0.25, -0.2) is 9.78 Å². The summed E-state index contributed by atoms with van der Waals surface area (Å²) in [4.78, 5) is 22.6. The number of imidazole rings is 1. The monoisotopic (exact) mass is 622 g/mol. The van der Waals surface area contributed by atoms with E-state index in [1.165, 1.54) is 0 Å². The molecule has 3 saturated heterocycles. The number of ether oxygens (including phenoxy) is 3. The van der Waals surface area contributed by atoms with Crippen molar-refractivity contribution >= 4 is 28.6 Å². The summed E-state index contributed by atoms with van der Waals surface area (Å²) >= 11 is 5.48. The molecule has 0 amide bonds. The van der Waals surface area contributed by atoms with E-state index in [1.54, 1.807) is 42.7 Å². The van der Waals surface area contributed by atoms with Gasteiger partial charge in [-0.05, 0) is 81.6 Å². The smallest absolute Gasteiger partial charge is 0.335 e. The van der Waals surface area contributed by atoms with Crippen LogP contribution in [0.4, 0.5) is 0 Å². The first-order chi connectivity index (χ1) is 21.4. The Labute approximate surface area is 264 Å². The molecule has 44 heavy (non-hydrogen) atoms. The fourth-order valence-corrected chi connectivity index (χ4v) is 5.67. The zero-order valence-electron chi connectivity index (χ0n) is 26.0. The topological polar surface area (TPSA) is 98.9 Å². The molecule has 236 valence electrons. The van der Waals surface area contributed by atoms with Crippen LogP contribution in [0.1, 0.15) is 63.1 Å². The van der Waals surface area contributed by atoms with Crippen LogP contribution >= 0.6 is 11.6 Å². The number of piperidine rings is 1. The fourth-order valence-electron chi connectivity index (χ4n) is 5.54. The molecular weight excluding hydrogens is 580 g/mol. The predicted octanol–water partition coefficient (Wildman–Crippen LogP) is 7.23. The molecule has 3 aliphatic heterocycles. The van der Waals surface area contributed by atoms with Gasteiger partial charge in [-0.1, -0.05) is 38.1 Å². The second-order valence-corrected chi connectivity index (χ2v) is 11.0. The molecule has 3 aromatic rings. The number of aromatic carboxylic acids is 1. The highest BCUT2D eigenvalue weighted by Crippen LogP contribution is 2.36. The first kappa shape index (κ1) is 33.2. The second kappa shape index (κ2) is 15.9. The van der Waals surface area contributed by atoms with E-state index < -0.39 is 5.97 Å². The van der Waals surface area contributed by atoms with Gasteiger partial charge in [0, 0.05) is 31.5 Å². The molecular formula is C34H43ClN4O5. The van der Waals surface area contributed by atoms with Gasteiger partial charge in [-0.15, -0.1) is 0 Å². The highest BCUT2D eigenvalue weighted by Gasteiger charge is 2.31. The molecule has 6 rings (SSSR count). The molecule has 9 nitrogen and oxygen atoms in total. The summed E-state index contributed by atoms with van der Waals surface area (Å²) < 4.78 is 19.6. The maximum atomic E-state index is 11.5. The number of nitrogens with zero attached hydrogens (tertiary/aromatic N) is 4. The second-order valence-electron chi connectivity index (χ2n) is 10.6. The molecule has 0 spiro atoms. The average Bonchev–Trinajstić information content (AvgIpc) is 3.56. The number of hydrogen-bond acceptors (Lipinski definition) is 7. The zero-order chi connectivity index (χ0) is 31.6. The van der Waals surface area contributed by atoms with Crippen molar-refractivity contribution in [3.8, 4) is 0 Å². The molecule has 10 heteroatoms. The third-order valence-electron chi connectivity index (χ3n) is 7.82. The summed E-state index contributed by atoms with van der Waals surface area (Å²) in [7, 11) is 0. The van der Waals surface area contributed by atoms with Crippen LogP contribution in [0.3, 0.4) is 0 Å². The molecule has 1 N–H and O–H groups in total. The third kappa shape index (κ3) is 8.08. The number of halogens is 1. The van der Waals surface area contributed by atoms with Crippen LogP contribution in [0.15, 0.2) is 78.5 Å². The summed E-state index contributed by atoms with van der Waals surface area (Å²) in [5.41, 5.74) is 3.08. The quantitative estimate of drug-likeness (QED) is 0.295. The van der Waals surface area contributed by atoms with E-state index in [2.05, 4.69) is 21.0 Å². The fraction of sp³-hybridized carbons (Fsp3) is 0.441. The Balaban J connectivity index is 0.000000427. The number of pyridine rings is 1. The molecule has 0 bridgehead atoms. The van der Waals surface area contributed by atoms with Crippen LogP contribution in [0.25, 0.3) is 11.0 Å². The highest BCUT2D eigenvalue weighted by atomic mass is 35.5. The molecule has 0 aliphatic carbocycles. The average molecular weight is 623 g/mol. The van der Waals surface area contributed by atoms with Crippen LogP contribution in [0.2, 0.25) is 5.02 Å². The number of benzene rings is 1. The molecule has 2 atom stereocenters. The van der Waals surface area contributed by atoms with Gasteiger partial charge >= 0.3 is 5.97 Å². The lowest BCUT2D eigenvalue weighted by molar-refractivity contribution is -0.0592. The largest absolute Gasteiger partial charge is 0.478 e. The first-order valence-corrected chi connectivity index (χ1v) is 15.7. The number of rotatable bonds is 7. The molecule has 5 heterocycles. The minimum absolute atomic E-state index is 0.156. The summed E-state index contributed by atoms with van der Waals surface area (Å²) in [6, 6.07) is 8.73. The Hall–Kier alpha value is -3.66. The molecule has 3 fully saturated rings. The summed E-state index contributed by atoms with van der Waals surface area (Å²) in [5, 5.41) is 10.1. The van der Waals surface area contributed by atoms with E-state index in [0.717, 1.165) is 72.9 Å². The van der Waals surface area contributed by atoms with E-state index in [1.807, 2.05) is 39.8 Å². The number of likely N-dealkylation sites (tertiary alicyclic amines) is 1. The van der Waals surface area contributed by atoms with Crippen molar-refractivity contribution in [1.29, 1.82) is 0 Å². The maximum Gasteiger partial charge on any atom is 0.335 e. The highest BCUT2D eigenvalue weighted by molar-refractivity contribution is 6.30. The van der Waals surface area contributed by atoms with Gasteiger partial charge < -0.3 is 23.9 Å². The van der Waals surface area contributed by atoms with Gasteiger partial charge in [0.25, 0.3) is 0 Å². The van der Waals surface area contributed by atoms with Crippen LogP contribution in [-0.4, -0.2) is 62.6 Å². The SMILES string of the molecule is C=C/C(=C1/OC(C)O/C1=C/C)C1CCN(Cc2nc3ccc(C(=O)O)cc3n2CC2CCO2)CC1.CC.Clc1cccnc1. The lowest BCUT2D eigenvalue weighted by Crippen LogP contribution is -2.36. The first-order valence-electron chi connectivity index (χ1n) is 15.3. The van der Waals surface area contributed by atoms with Crippen LogP contribution in [0, 0.1) is 5.92 Å². The standard InChI is InChI=1S/C27H33N3O5.C5H4ClN.C2H6/c1-4-21(26-24(5-2)34-17(3)35-26)18-8-11-29(12-9-18)16-25-28-22-7-6-19(27(31)32)14-23(22)30(25)15-20-10-13-33-20;6-5-2-1-3-7-4-5;1-2/h4-7,14,17-18,20H,1,8-13,15-16H2,2-3H3,(H,31,32);1-4H;1-2H3/b24-5+,26-21-;;. The van der Waals surface area contributed by atoms with Crippen LogP contribution in [-0.2, 0) is 27.3 Å². The lowest BCUT2D eigenvalue weighted by Gasteiger charge is -2.33. The lowest BCUT2D eigenvalue weighted by atomic mass is 9.88. The predicted molar refractivity (Wildman–Crippen MR) is 172 cm³/mol. The Kier molecular flexibility index (Phi) is 12.0. The van der Waals surface area contributed by atoms with Crippen molar-refractivity contribution in [2.45, 2.75) is 72.4 Å². The molecule has 1 aromatic carbocycles. The van der Waals surface area contributed by atoms with Crippen molar-refractivity contribution in [3.63, 3.8) is 0 Å². The zero-order valence-corrected chi connectivity index (χ0v) is 26.8. The van der Waals surface area contributed by atoms with Gasteiger partial charge in [0.1, 0.15) is 5.82 Å². The van der Waals surface area contributed by atoms with Gasteiger partial charge in [0.2, 0.25) is 6.29 Å². The van der Waals surface area contributed by atoms with Crippen molar-refractivity contribution in [2.75, 3.05) is 19.7 Å². The van der Waals surface area contributed by atoms with E-state index in [-0.39, 0.29) is 18.0 Å². The normalized spacial score (nSPS) is 22.1. The van der Waals surface area contributed by atoms with E-state index in [4.69, 9.17) is 30.8 Å². The molecule has 2 aromatic heterocycles. The molecule has 2 unspecified atom stereocenters.